The van der Waals surface area contributed by atoms with E-state index in [2.05, 4.69) is 29.2 Å². The molecule has 1 aliphatic heterocycles. The molecule has 0 unspecified atom stereocenters. The molecule has 1 aliphatic rings. The third-order valence-corrected chi connectivity index (χ3v) is 7.43. The highest BCUT2D eigenvalue weighted by Crippen LogP contribution is 2.30. The highest BCUT2D eigenvalue weighted by atomic mass is 32.2. The number of nitrogens with zero attached hydrogens (tertiary/aromatic N) is 3. The molecule has 0 saturated carbocycles. The molecule has 1 saturated heterocycles. The van der Waals surface area contributed by atoms with Crippen LogP contribution in [0.25, 0.3) is 0 Å². The van der Waals surface area contributed by atoms with E-state index < -0.39 is 14.9 Å². The summed E-state index contributed by atoms with van der Waals surface area (Å²) in [5, 5.41) is 11.0. The largest absolute Gasteiger partial charge is 0.290 e. The summed E-state index contributed by atoms with van der Waals surface area (Å²) in [7, 11) is -3.79. The SMILES string of the molecule is O=[N+]([O-])c1cccc(S(=O)(=O)N2CCN(C(c3ccccc3)c3ccccc3)CC2)c1. The van der Waals surface area contributed by atoms with Gasteiger partial charge in [0.1, 0.15) is 0 Å². The number of sulfonamides is 1. The lowest BCUT2D eigenvalue weighted by Crippen LogP contribution is -2.49. The molecule has 0 amide bonds. The first kappa shape index (κ1) is 21.2. The van der Waals surface area contributed by atoms with E-state index in [9.17, 15) is 18.5 Å². The lowest BCUT2D eigenvalue weighted by atomic mass is 9.96. The molecule has 0 radical (unpaired) electrons. The van der Waals surface area contributed by atoms with Crippen LogP contribution in [0.1, 0.15) is 17.2 Å². The molecular formula is C23H23N3O4S. The normalized spacial score (nSPS) is 15.8. The Bertz CT molecular complexity index is 1110. The fourth-order valence-corrected chi connectivity index (χ4v) is 5.46. The Hall–Kier alpha value is -3.07. The van der Waals surface area contributed by atoms with Crippen LogP contribution in [0.15, 0.2) is 89.8 Å². The van der Waals surface area contributed by atoms with E-state index in [-0.39, 0.29) is 16.6 Å². The van der Waals surface area contributed by atoms with Crippen LogP contribution in [0.4, 0.5) is 5.69 Å². The van der Waals surface area contributed by atoms with Crippen molar-refractivity contribution in [3.8, 4) is 0 Å². The summed E-state index contributed by atoms with van der Waals surface area (Å²) < 4.78 is 27.5. The molecule has 160 valence electrons. The van der Waals surface area contributed by atoms with Gasteiger partial charge in [0, 0.05) is 38.3 Å². The van der Waals surface area contributed by atoms with E-state index in [0.29, 0.717) is 26.2 Å². The van der Waals surface area contributed by atoms with Gasteiger partial charge in [0.25, 0.3) is 5.69 Å². The van der Waals surface area contributed by atoms with Gasteiger partial charge < -0.3 is 0 Å². The molecule has 0 bridgehead atoms. The van der Waals surface area contributed by atoms with E-state index in [1.807, 2.05) is 36.4 Å². The summed E-state index contributed by atoms with van der Waals surface area (Å²) in [6.45, 7) is 1.76. The molecule has 1 heterocycles. The summed E-state index contributed by atoms with van der Waals surface area (Å²) in [5.41, 5.74) is 2.08. The fourth-order valence-electron chi connectivity index (χ4n) is 3.99. The van der Waals surface area contributed by atoms with Crippen molar-refractivity contribution in [2.24, 2.45) is 0 Å². The van der Waals surface area contributed by atoms with Gasteiger partial charge in [-0.25, -0.2) is 8.42 Å². The summed E-state index contributed by atoms with van der Waals surface area (Å²) in [6.07, 6.45) is 0. The molecule has 0 spiro atoms. The second-order valence-corrected chi connectivity index (χ2v) is 9.36. The molecule has 8 heteroatoms. The summed E-state index contributed by atoms with van der Waals surface area (Å²) in [6, 6.07) is 25.6. The van der Waals surface area contributed by atoms with Crippen LogP contribution < -0.4 is 0 Å². The Morgan fingerprint density at radius 1 is 0.774 bits per heavy atom. The maximum Gasteiger partial charge on any atom is 0.270 e. The lowest BCUT2D eigenvalue weighted by molar-refractivity contribution is -0.385. The van der Waals surface area contributed by atoms with Crippen molar-refractivity contribution in [2.75, 3.05) is 26.2 Å². The quantitative estimate of drug-likeness (QED) is 0.434. The fraction of sp³-hybridized carbons (Fsp3) is 0.217. The minimum absolute atomic E-state index is 0.0325. The Morgan fingerprint density at radius 3 is 1.84 bits per heavy atom. The number of hydrogen-bond acceptors (Lipinski definition) is 5. The average Bonchev–Trinajstić information content (AvgIpc) is 2.81. The Morgan fingerprint density at radius 2 is 1.32 bits per heavy atom. The second-order valence-electron chi connectivity index (χ2n) is 7.42. The number of rotatable bonds is 6. The zero-order valence-corrected chi connectivity index (χ0v) is 17.7. The molecule has 1 fully saturated rings. The monoisotopic (exact) mass is 437 g/mol. The van der Waals surface area contributed by atoms with Gasteiger partial charge in [0.05, 0.1) is 15.9 Å². The van der Waals surface area contributed by atoms with Gasteiger partial charge in [0.2, 0.25) is 10.0 Å². The van der Waals surface area contributed by atoms with Crippen LogP contribution in [0.5, 0.6) is 0 Å². The Labute approximate surface area is 181 Å². The Balaban J connectivity index is 1.55. The maximum atomic E-state index is 13.1. The number of benzene rings is 3. The lowest BCUT2D eigenvalue weighted by Gasteiger charge is -2.39. The number of hydrogen-bond donors (Lipinski definition) is 0. The number of nitro groups is 1. The molecule has 0 N–H and O–H groups in total. The molecule has 3 aromatic rings. The number of piperazine rings is 1. The minimum Gasteiger partial charge on any atom is -0.290 e. The standard InChI is InChI=1S/C23H23N3O4S/c27-26(28)21-12-7-13-22(18-21)31(29,30)25-16-14-24(15-17-25)23(19-8-3-1-4-9-19)20-10-5-2-6-11-20/h1-13,18,23H,14-17H2. The molecule has 3 aromatic carbocycles. The molecule has 31 heavy (non-hydrogen) atoms. The first-order valence-corrected chi connectivity index (χ1v) is 11.5. The number of nitro benzene ring substituents is 1. The zero-order chi connectivity index (χ0) is 21.8. The van der Waals surface area contributed by atoms with Crippen LogP contribution >= 0.6 is 0 Å². The topological polar surface area (TPSA) is 83.8 Å². The van der Waals surface area contributed by atoms with Crippen LogP contribution in [0, 0.1) is 10.1 Å². The zero-order valence-electron chi connectivity index (χ0n) is 16.9. The number of non-ortho nitro benzene ring substituents is 1. The van der Waals surface area contributed by atoms with Crippen LogP contribution in [-0.2, 0) is 10.0 Å². The van der Waals surface area contributed by atoms with Crippen LogP contribution in [0.3, 0.4) is 0 Å². The van der Waals surface area contributed by atoms with Crippen molar-refractivity contribution in [3.63, 3.8) is 0 Å². The van der Waals surface area contributed by atoms with E-state index in [4.69, 9.17) is 0 Å². The van der Waals surface area contributed by atoms with E-state index >= 15 is 0 Å². The minimum atomic E-state index is -3.79. The molecule has 0 atom stereocenters. The van der Waals surface area contributed by atoms with Gasteiger partial charge >= 0.3 is 0 Å². The smallest absolute Gasteiger partial charge is 0.270 e. The van der Waals surface area contributed by atoms with E-state index in [0.717, 1.165) is 17.2 Å². The van der Waals surface area contributed by atoms with Crippen molar-refractivity contribution < 1.29 is 13.3 Å². The van der Waals surface area contributed by atoms with Gasteiger partial charge in [-0.3, -0.25) is 15.0 Å². The van der Waals surface area contributed by atoms with Gasteiger partial charge in [-0.2, -0.15) is 4.31 Å². The molecular weight excluding hydrogens is 414 g/mol. The van der Waals surface area contributed by atoms with Crippen molar-refractivity contribution in [1.82, 2.24) is 9.21 Å². The third kappa shape index (κ3) is 4.51. The second kappa shape index (κ2) is 8.97. The molecule has 0 aromatic heterocycles. The van der Waals surface area contributed by atoms with Gasteiger partial charge in [-0.1, -0.05) is 66.7 Å². The average molecular weight is 438 g/mol. The Kier molecular flexibility index (Phi) is 6.13. The molecule has 0 aliphatic carbocycles. The van der Waals surface area contributed by atoms with Gasteiger partial charge in [0.15, 0.2) is 0 Å². The maximum absolute atomic E-state index is 13.1. The van der Waals surface area contributed by atoms with E-state index in [1.165, 1.54) is 22.5 Å². The van der Waals surface area contributed by atoms with Crippen molar-refractivity contribution in [2.45, 2.75) is 10.9 Å². The summed E-state index contributed by atoms with van der Waals surface area (Å²) >= 11 is 0. The van der Waals surface area contributed by atoms with Crippen LogP contribution in [-0.4, -0.2) is 48.7 Å². The predicted molar refractivity (Wildman–Crippen MR) is 118 cm³/mol. The first-order chi connectivity index (χ1) is 15.0. The highest BCUT2D eigenvalue weighted by molar-refractivity contribution is 7.89. The highest BCUT2D eigenvalue weighted by Gasteiger charge is 2.32. The van der Waals surface area contributed by atoms with Crippen molar-refractivity contribution in [1.29, 1.82) is 0 Å². The third-order valence-electron chi connectivity index (χ3n) is 5.54. The van der Waals surface area contributed by atoms with Crippen molar-refractivity contribution in [3.05, 3.63) is 106 Å². The summed E-state index contributed by atoms with van der Waals surface area (Å²) in [5.74, 6) is 0. The van der Waals surface area contributed by atoms with Gasteiger partial charge in [-0.15, -0.1) is 0 Å². The molecule has 4 rings (SSSR count). The molecule has 7 nitrogen and oxygen atoms in total. The summed E-state index contributed by atoms with van der Waals surface area (Å²) in [4.78, 5) is 12.7. The van der Waals surface area contributed by atoms with Gasteiger partial charge in [-0.05, 0) is 17.2 Å². The van der Waals surface area contributed by atoms with E-state index in [1.54, 1.807) is 0 Å². The predicted octanol–water partition coefficient (Wildman–Crippen LogP) is 3.69. The van der Waals surface area contributed by atoms with Crippen LogP contribution in [0.2, 0.25) is 0 Å². The van der Waals surface area contributed by atoms with Crippen molar-refractivity contribution >= 4 is 15.7 Å². The first-order valence-electron chi connectivity index (χ1n) is 10.1.